The fraction of sp³-hybridized carbons (Fsp3) is 0.250. The third kappa shape index (κ3) is 4.86. The third-order valence-electron chi connectivity index (χ3n) is 4.68. The zero-order valence-electron chi connectivity index (χ0n) is 15.3. The zero-order valence-corrected chi connectivity index (χ0v) is 17.6. The predicted octanol–water partition coefficient (Wildman–Crippen LogP) is 4.54. The number of piperazine rings is 1. The molecule has 0 bridgehead atoms. The summed E-state index contributed by atoms with van der Waals surface area (Å²) in [5.74, 6) is 0.375. The number of carbonyl (C=O) groups excluding carboxylic acids is 1. The molecule has 0 saturated carbocycles. The van der Waals surface area contributed by atoms with E-state index in [0.717, 1.165) is 10.7 Å². The first-order valence-corrected chi connectivity index (χ1v) is 10.6. The summed E-state index contributed by atoms with van der Waals surface area (Å²) in [6.07, 6.45) is 0.560. The lowest BCUT2D eigenvalue weighted by Gasteiger charge is -2.34. The SMILES string of the molecule is O=C(c1cc(Cl)cc(Cl)c1)N1CCN(c2nc(Cc3ccc(F)cc3)ns2)CC1. The largest absolute Gasteiger partial charge is 0.343 e. The molecule has 5 nitrogen and oxygen atoms in total. The highest BCUT2D eigenvalue weighted by molar-refractivity contribution is 7.09. The van der Waals surface area contributed by atoms with Gasteiger partial charge in [-0.3, -0.25) is 4.79 Å². The number of amides is 1. The van der Waals surface area contributed by atoms with Crippen molar-refractivity contribution in [3.05, 3.63) is 75.3 Å². The lowest BCUT2D eigenvalue weighted by molar-refractivity contribution is 0.0746. The summed E-state index contributed by atoms with van der Waals surface area (Å²) in [6.45, 7) is 2.50. The van der Waals surface area contributed by atoms with E-state index < -0.39 is 0 Å². The second-order valence-electron chi connectivity index (χ2n) is 6.73. The average molecular weight is 451 g/mol. The molecular weight excluding hydrogens is 434 g/mol. The van der Waals surface area contributed by atoms with Gasteiger partial charge < -0.3 is 9.80 Å². The van der Waals surface area contributed by atoms with Crippen molar-refractivity contribution in [2.45, 2.75) is 6.42 Å². The summed E-state index contributed by atoms with van der Waals surface area (Å²) in [5.41, 5.74) is 1.46. The second kappa shape index (κ2) is 8.65. The van der Waals surface area contributed by atoms with E-state index in [4.69, 9.17) is 23.2 Å². The number of carbonyl (C=O) groups is 1. The smallest absolute Gasteiger partial charge is 0.254 e. The van der Waals surface area contributed by atoms with Crippen molar-refractivity contribution in [3.63, 3.8) is 0 Å². The zero-order chi connectivity index (χ0) is 20.4. The van der Waals surface area contributed by atoms with Crippen LogP contribution in [0, 0.1) is 5.82 Å². The molecule has 1 aliphatic rings. The first-order valence-electron chi connectivity index (χ1n) is 9.05. The van der Waals surface area contributed by atoms with Crippen LogP contribution in [0.4, 0.5) is 9.52 Å². The van der Waals surface area contributed by atoms with E-state index >= 15 is 0 Å². The summed E-state index contributed by atoms with van der Waals surface area (Å²) in [5, 5.41) is 1.73. The lowest BCUT2D eigenvalue weighted by atomic mass is 10.1. The fourth-order valence-electron chi connectivity index (χ4n) is 3.19. The van der Waals surface area contributed by atoms with E-state index in [1.54, 1.807) is 35.2 Å². The van der Waals surface area contributed by atoms with Crippen LogP contribution in [0.5, 0.6) is 0 Å². The summed E-state index contributed by atoms with van der Waals surface area (Å²) in [6, 6.07) is 11.2. The number of anilines is 1. The van der Waals surface area contributed by atoms with Gasteiger partial charge in [0.2, 0.25) is 5.13 Å². The number of halogens is 3. The van der Waals surface area contributed by atoms with E-state index in [2.05, 4.69) is 14.3 Å². The molecule has 4 rings (SSSR count). The number of hydrogen-bond donors (Lipinski definition) is 0. The van der Waals surface area contributed by atoms with E-state index in [-0.39, 0.29) is 11.7 Å². The van der Waals surface area contributed by atoms with E-state index in [9.17, 15) is 9.18 Å². The molecule has 0 radical (unpaired) electrons. The van der Waals surface area contributed by atoms with Crippen molar-refractivity contribution in [2.75, 3.05) is 31.1 Å². The summed E-state index contributed by atoms with van der Waals surface area (Å²) >= 11 is 13.4. The highest BCUT2D eigenvalue weighted by atomic mass is 35.5. The summed E-state index contributed by atoms with van der Waals surface area (Å²) < 4.78 is 17.4. The van der Waals surface area contributed by atoms with Crippen LogP contribution in [0.25, 0.3) is 0 Å². The normalized spacial score (nSPS) is 14.3. The molecule has 1 aliphatic heterocycles. The van der Waals surface area contributed by atoms with E-state index in [1.165, 1.54) is 23.7 Å². The van der Waals surface area contributed by atoms with Crippen LogP contribution in [0.15, 0.2) is 42.5 Å². The van der Waals surface area contributed by atoms with Crippen molar-refractivity contribution in [3.8, 4) is 0 Å². The van der Waals surface area contributed by atoms with Crippen molar-refractivity contribution in [1.82, 2.24) is 14.3 Å². The van der Waals surface area contributed by atoms with Gasteiger partial charge in [-0.2, -0.15) is 4.37 Å². The molecule has 0 spiro atoms. The molecule has 29 heavy (non-hydrogen) atoms. The molecule has 0 N–H and O–H groups in total. The third-order valence-corrected chi connectivity index (χ3v) is 5.93. The molecule has 9 heteroatoms. The molecule has 1 aromatic heterocycles. The molecule has 1 saturated heterocycles. The van der Waals surface area contributed by atoms with Gasteiger partial charge in [-0.25, -0.2) is 9.37 Å². The van der Waals surface area contributed by atoms with Gasteiger partial charge >= 0.3 is 0 Å². The number of hydrogen-bond acceptors (Lipinski definition) is 5. The minimum absolute atomic E-state index is 0.0803. The van der Waals surface area contributed by atoms with Crippen LogP contribution < -0.4 is 4.90 Å². The monoisotopic (exact) mass is 450 g/mol. The van der Waals surface area contributed by atoms with Gasteiger partial charge in [0.1, 0.15) is 11.6 Å². The minimum Gasteiger partial charge on any atom is -0.343 e. The van der Waals surface area contributed by atoms with Crippen LogP contribution in [-0.4, -0.2) is 46.3 Å². The molecule has 0 atom stereocenters. The molecular formula is C20H17Cl2FN4OS. The van der Waals surface area contributed by atoms with Crippen LogP contribution in [0.1, 0.15) is 21.7 Å². The van der Waals surface area contributed by atoms with Gasteiger partial charge in [0, 0.05) is 59.7 Å². The Bertz CT molecular complexity index is 999. The molecule has 2 heterocycles. The Balaban J connectivity index is 1.36. The number of benzene rings is 2. The first kappa shape index (κ1) is 20.1. The number of rotatable bonds is 4. The van der Waals surface area contributed by atoms with Crippen molar-refractivity contribution in [2.24, 2.45) is 0 Å². The molecule has 0 aliphatic carbocycles. The number of nitrogens with zero attached hydrogens (tertiary/aromatic N) is 4. The highest BCUT2D eigenvalue weighted by Crippen LogP contribution is 2.23. The molecule has 1 amide bonds. The van der Waals surface area contributed by atoms with Gasteiger partial charge in [0.05, 0.1) is 0 Å². The van der Waals surface area contributed by atoms with Crippen LogP contribution in [0.2, 0.25) is 10.0 Å². The molecule has 2 aromatic carbocycles. The maximum absolute atomic E-state index is 13.0. The maximum Gasteiger partial charge on any atom is 0.254 e. The quantitative estimate of drug-likeness (QED) is 0.585. The maximum atomic E-state index is 13.0. The molecule has 1 fully saturated rings. The summed E-state index contributed by atoms with van der Waals surface area (Å²) in [7, 11) is 0. The van der Waals surface area contributed by atoms with Crippen LogP contribution in [-0.2, 0) is 6.42 Å². The highest BCUT2D eigenvalue weighted by Gasteiger charge is 2.24. The lowest BCUT2D eigenvalue weighted by Crippen LogP contribution is -2.48. The second-order valence-corrected chi connectivity index (χ2v) is 8.34. The van der Waals surface area contributed by atoms with Gasteiger partial charge in [-0.15, -0.1) is 0 Å². The minimum atomic E-state index is -0.256. The van der Waals surface area contributed by atoms with Gasteiger partial charge in [-0.1, -0.05) is 35.3 Å². The average Bonchev–Trinajstić information content (AvgIpc) is 3.17. The van der Waals surface area contributed by atoms with E-state index in [1.807, 2.05) is 0 Å². The molecule has 150 valence electrons. The first-order chi connectivity index (χ1) is 14.0. The van der Waals surface area contributed by atoms with Crippen molar-refractivity contribution < 1.29 is 9.18 Å². The molecule has 3 aromatic rings. The Morgan fingerprint density at radius 1 is 1.03 bits per heavy atom. The standard InChI is InChI=1S/C20H17Cl2FN4OS/c21-15-10-14(11-16(22)12-15)19(28)26-5-7-27(8-6-26)20-24-18(25-29-20)9-13-1-3-17(23)4-2-13/h1-4,10-12H,5-9H2. The molecule has 0 unspecified atom stereocenters. The van der Waals surface area contributed by atoms with Crippen molar-refractivity contribution in [1.29, 1.82) is 0 Å². The Kier molecular flexibility index (Phi) is 5.99. The Morgan fingerprint density at radius 3 is 2.34 bits per heavy atom. The topological polar surface area (TPSA) is 49.3 Å². The van der Waals surface area contributed by atoms with Gasteiger partial charge in [0.15, 0.2) is 0 Å². The number of aromatic nitrogens is 2. The van der Waals surface area contributed by atoms with Crippen LogP contribution >= 0.6 is 34.7 Å². The summed E-state index contributed by atoms with van der Waals surface area (Å²) in [4.78, 5) is 21.2. The van der Waals surface area contributed by atoms with Crippen LogP contribution in [0.3, 0.4) is 0 Å². The van der Waals surface area contributed by atoms with Gasteiger partial charge in [0.25, 0.3) is 5.91 Å². The fourth-order valence-corrected chi connectivity index (χ4v) is 4.45. The van der Waals surface area contributed by atoms with Gasteiger partial charge in [-0.05, 0) is 35.9 Å². The van der Waals surface area contributed by atoms with Crippen molar-refractivity contribution >= 4 is 45.8 Å². The predicted molar refractivity (Wildman–Crippen MR) is 114 cm³/mol. The Hall–Kier alpha value is -2.22. The Labute approximate surface area is 181 Å². The van der Waals surface area contributed by atoms with E-state index in [0.29, 0.717) is 54.0 Å². The Morgan fingerprint density at radius 2 is 1.69 bits per heavy atom.